The predicted octanol–water partition coefficient (Wildman–Crippen LogP) is 1.74. The number of hydrogen-bond acceptors (Lipinski definition) is 3. The van der Waals surface area contributed by atoms with Gasteiger partial charge >= 0.3 is 0 Å². The van der Waals surface area contributed by atoms with Crippen LogP contribution in [0.25, 0.3) is 11.0 Å². The number of rotatable bonds is 1. The Morgan fingerprint density at radius 1 is 1.14 bits per heavy atom. The summed E-state index contributed by atoms with van der Waals surface area (Å²) >= 11 is 0. The van der Waals surface area contributed by atoms with Crippen molar-refractivity contribution in [1.29, 1.82) is 0 Å². The molecule has 0 aliphatic carbocycles. The van der Waals surface area contributed by atoms with E-state index in [2.05, 4.69) is 9.97 Å². The highest BCUT2D eigenvalue weighted by molar-refractivity contribution is 5.78. The zero-order valence-electron chi connectivity index (χ0n) is 8.28. The molecular weight excluding hydrogens is 176 g/mol. The average molecular weight is 188 g/mol. The topological polar surface area (TPSA) is 46.0 Å². The predicted molar refractivity (Wildman–Crippen MR) is 54.9 cm³/mol. The van der Waals surface area contributed by atoms with Gasteiger partial charge < -0.3 is 5.11 Å². The first-order valence-electron chi connectivity index (χ1n) is 4.56. The molecule has 0 spiro atoms. The largest absolute Gasteiger partial charge is 0.392 e. The van der Waals surface area contributed by atoms with Crippen LogP contribution in [0.5, 0.6) is 0 Å². The van der Waals surface area contributed by atoms with Crippen molar-refractivity contribution in [2.45, 2.75) is 20.5 Å². The van der Waals surface area contributed by atoms with Gasteiger partial charge in [-0.15, -0.1) is 0 Å². The first-order chi connectivity index (χ1) is 6.72. The number of aliphatic hydroxyl groups is 1. The van der Waals surface area contributed by atoms with Crippen LogP contribution in [0.3, 0.4) is 0 Å². The van der Waals surface area contributed by atoms with E-state index in [0.29, 0.717) is 0 Å². The molecule has 0 radical (unpaired) electrons. The number of para-hydroxylation sites is 1. The Bertz CT molecular complexity index is 480. The molecule has 0 aliphatic rings. The Hall–Kier alpha value is -1.48. The minimum absolute atomic E-state index is 0.00845. The van der Waals surface area contributed by atoms with Gasteiger partial charge in [0, 0.05) is 5.56 Å². The third-order valence-electron chi connectivity index (χ3n) is 2.36. The van der Waals surface area contributed by atoms with Gasteiger partial charge in [0.1, 0.15) is 0 Å². The summed E-state index contributed by atoms with van der Waals surface area (Å²) in [5, 5.41) is 9.13. The normalized spacial score (nSPS) is 10.8. The molecule has 1 aromatic carbocycles. The molecule has 0 amide bonds. The van der Waals surface area contributed by atoms with E-state index >= 15 is 0 Å². The fourth-order valence-corrected chi connectivity index (χ4v) is 1.43. The fourth-order valence-electron chi connectivity index (χ4n) is 1.43. The number of aryl methyl sites for hydroxylation is 2. The van der Waals surface area contributed by atoms with E-state index in [1.165, 1.54) is 0 Å². The van der Waals surface area contributed by atoms with Crippen molar-refractivity contribution >= 4 is 11.0 Å². The average Bonchev–Trinajstić information content (AvgIpc) is 2.19. The lowest BCUT2D eigenvalue weighted by Crippen LogP contribution is -1.96. The zero-order valence-corrected chi connectivity index (χ0v) is 8.28. The standard InChI is InChI=1S/C11H12N2O/c1-7-8(2)13-11-9(6-14)4-3-5-10(11)12-7/h3-5,14H,6H2,1-2H3. The molecule has 2 aromatic rings. The molecule has 1 heterocycles. The summed E-state index contributed by atoms with van der Waals surface area (Å²) in [5.41, 5.74) is 4.34. The van der Waals surface area contributed by atoms with Gasteiger partial charge in [0.15, 0.2) is 0 Å². The summed E-state index contributed by atoms with van der Waals surface area (Å²) in [4.78, 5) is 8.83. The number of hydrogen-bond donors (Lipinski definition) is 1. The Labute approximate surface area is 82.4 Å². The summed E-state index contributed by atoms with van der Waals surface area (Å²) in [6.45, 7) is 3.87. The van der Waals surface area contributed by atoms with Gasteiger partial charge in [0.2, 0.25) is 0 Å². The SMILES string of the molecule is Cc1nc2cccc(CO)c2nc1C. The van der Waals surface area contributed by atoms with E-state index in [-0.39, 0.29) is 6.61 Å². The summed E-state index contributed by atoms with van der Waals surface area (Å²) in [6, 6.07) is 5.66. The van der Waals surface area contributed by atoms with Crippen molar-refractivity contribution in [3.8, 4) is 0 Å². The Morgan fingerprint density at radius 2 is 1.86 bits per heavy atom. The number of aliphatic hydroxyl groups excluding tert-OH is 1. The highest BCUT2D eigenvalue weighted by atomic mass is 16.3. The van der Waals surface area contributed by atoms with Gasteiger partial charge in [0.05, 0.1) is 29.0 Å². The van der Waals surface area contributed by atoms with Crippen LogP contribution in [0.15, 0.2) is 18.2 Å². The number of nitrogens with zero attached hydrogens (tertiary/aromatic N) is 2. The molecule has 2 rings (SSSR count). The van der Waals surface area contributed by atoms with Crippen LogP contribution in [0.4, 0.5) is 0 Å². The van der Waals surface area contributed by atoms with Crippen LogP contribution in [-0.4, -0.2) is 15.1 Å². The molecule has 0 saturated carbocycles. The second kappa shape index (κ2) is 3.35. The van der Waals surface area contributed by atoms with E-state index in [1.54, 1.807) is 0 Å². The minimum Gasteiger partial charge on any atom is -0.392 e. The number of fused-ring (bicyclic) bond motifs is 1. The van der Waals surface area contributed by atoms with Crippen molar-refractivity contribution < 1.29 is 5.11 Å². The molecule has 1 N–H and O–H groups in total. The maximum Gasteiger partial charge on any atom is 0.0945 e. The Kier molecular flexibility index (Phi) is 2.17. The highest BCUT2D eigenvalue weighted by Gasteiger charge is 2.04. The summed E-state index contributed by atoms with van der Waals surface area (Å²) in [5.74, 6) is 0. The molecule has 72 valence electrons. The molecular formula is C11H12N2O. The highest BCUT2D eigenvalue weighted by Crippen LogP contribution is 2.16. The van der Waals surface area contributed by atoms with Crippen LogP contribution in [0, 0.1) is 13.8 Å². The Morgan fingerprint density at radius 3 is 2.57 bits per heavy atom. The first kappa shape index (κ1) is 9.09. The maximum absolute atomic E-state index is 9.13. The minimum atomic E-state index is 0.00845. The molecule has 14 heavy (non-hydrogen) atoms. The van der Waals surface area contributed by atoms with E-state index in [4.69, 9.17) is 5.11 Å². The lowest BCUT2D eigenvalue weighted by atomic mass is 10.1. The smallest absolute Gasteiger partial charge is 0.0945 e. The summed E-state index contributed by atoms with van der Waals surface area (Å²) < 4.78 is 0. The first-order valence-corrected chi connectivity index (χ1v) is 4.56. The fraction of sp³-hybridized carbons (Fsp3) is 0.273. The second-order valence-electron chi connectivity index (χ2n) is 3.34. The van der Waals surface area contributed by atoms with E-state index in [9.17, 15) is 0 Å². The van der Waals surface area contributed by atoms with Gasteiger partial charge in [-0.05, 0) is 19.9 Å². The molecule has 1 aromatic heterocycles. The third kappa shape index (κ3) is 1.36. The molecule has 0 saturated heterocycles. The lowest BCUT2D eigenvalue weighted by molar-refractivity contribution is 0.283. The summed E-state index contributed by atoms with van der Waals surface area (Å²) in [7, 11) is 0. The van der Waals surface area contributed by atoms with Gasteiger partial charge in [-0.1, -0.05) is 12.1 Å². The van der Waals surface area contributed by atoms with Crippen molar-refractivity contribution in [3.05, 3.63) is 35.2 Å². The van der Waals surface area contributed by atoms with Crippen molar-refractivity contribution in [3.63, 3.8) is 0 Å². The third-order valence-corrected chi connectivity index (χ3v) is 2.36. The van der Waals surface area contributed by atoms with Gasteiger partial charge in [-0.25, -0.2) is 9.97 Å². The molecule has 3 nitrogen and oxygen atoms in total. The molecule has 0 bridgehead atoms. The maximum atomic E-state index is 9.13. The molecule has 0 fully saturated rings. The second-order valence-corrected chi connectivity index (χ2v) is 3.34. The molecule has 0 aliphatic heterocycles. The lowest BCUT2D eigenvalue weighted by Gasteiger charge is -2.05. The zero-order chi connectivity index (χ0) is 10.1. The van der Waals surface area contributed by atoms with Crippen molar-refractivity contribution in [2.75, 3.05) is 0 Å². The molecule has 3 heteroatoms. The monoisotopic (exact) mass is 188 g/mol. The quantitative estimate of drug-likeness (QED) is 0.741. The van der Waals surface area contributed by atoms with Crippen LogP contribution in [0.2, 0.25) is 0 Å². The van der Waals surface area contributed by atoms with E-state index < -0.39 is 0 Å². The number of benzene rings is 1. The van der Waals surface area contributed by atoms with Crippen molar-refractivity contribution in [1.82, 2.24) is 9.97 Å². The van der Waals surface area contributed by atoms with Crippen LogP contribution in [0.1, 0.15) is 17.0 Å². The molecule has 0 atom stereocenters. The van der Waals surface area contributed by atoms with Crippen LogP contribution in [-0.2, 0) is 6.61 Å². The van der Waals surface area contributed by atoms with Gasteiger partial charge in [-0.3, -0.25) is 0 Å². The van der Waals surface area contributed by atoms with Crippen LogP contribution < -0.4 is 0 Å². The van der Waals surface area contributed by atoms with Gasteiger partial charge in [0.25, 0.3) is 0 Å². The Balaban J connectivity index is 2.81. The number of aromatic nitrogens is 2. The molecule has 0 unspecified atom stereocenters. The van der Waals surface area contributed by atoms with Crippen molar-refractivity contribution in [2.24, 2.45) is 0 Å². The van der Waals surface area contributed by atoms with E-state index in [0.717, 1.165) is 28.0 Å². The van der Waals surface area contributed by atoms with Crippen LogP contribution >= 0.6 is 0 Å². The van der Waals surface area contributed by atoms with Gasteiger partial charge in [-0.2, -0.15) is 0 Å². The van der Waals surface area contributed by atoms with E-state index in [1.807, 2.05) is 32.0 Å². The summed E-state index contributed by atoms with van der Waals surface area (Å²) in [6.07, 6.45) is 0.